The number of hydrogen-bond donors (Lipinski definition) is 0. The third-order valence-electron chi connectivity index (χ3n) is 12.7. The lowest BCUT2D eigenvalue weighted by Gasteiger charge is -2.52. The maximum absolute atomic E-state index is 2.71. The average molecular weight is 679 g/mol. The van der Waals surface area contributed by atoms with E-state index in [1.54, 1.807) is 22.3 Å². The van der Waals surface area contributed by atoms with Crippen molar-refractivity contribution in [3.63, 3.8) is 0 Å². The Hall–Kier alpha value is -5.48. The van der Waals surface area contributed by atoms with Crippen LogP contribution in [0.2, 0.25) is 0 Å². The Kier molecular flexibility index (Phi) is 7.60. The fourth-order valence-electron chi connectivity index (χ4n) is 10.2. The maximum Gasteiger partial charge on any atom is 0.0907 e. The van der Waals surface area contributed by atoms with Crippen molar-refractivity contribution in [2.45, 2.75) is 38.8 Å². The van der Waals surface area contributed by atoms with Gasteiger partial charge in [0.1, 0.15) is 0 Å². The summed E-state index contributed by atoms with van der Waals surface area (Å²) >= 11 is 0. The summed E-state index contributed by atoms with van der Waals surface area (Å²) in [7, 11) is 0. The molecule has 2 unspecified atom stereocenters. The van der Waals surface area contributed by atoms with Crippen LogP contribution in [0.25, 0.3) is 0 Å². The average Bonchev–Trinajstić information content (AvgIpc) is 3.71. The van der Waals surface area contributed by atoms with Crippen molar-refractivity contribution in [2.24, 2.45) is 11.8 Å². The van der Waals surface area contributed by atoms with E-state index in [2.05, 4.69) is 179 Å². The minimum atomic E-state index is 0.362. The molecule has 0 radical (unpaired) electrons. The summed E-state index contributed by atoms with van der Waals surface area (Å²) in [4.78, 5) is 10.6. The molecule has 4 heteroatoms. The van der Waals surface area contributed by atoms with Gasteiger partial charge in [-0.3, -0.25) is 0 Å². The van der Waals surface area contributed by atoms with E-state index in [1.165, 1.54) is 45.0 Å². The van der Waals surface area contributed by atoms with Crippen LogP contribution in [-0.2, 0) is 13.1 Å². The number of hydrogen-bond acceptors (Lipinski definition) is 4. The second-order valence-electron chi connectivity index (χ2n) is 15.5. The van der Waals surface area contributed by atoms with Gasteiger partial charge in [0, 0.05) is 38.0 Å². The van der Waals surface area contributed by atoms with Gasteiger partial charge in [-0.15, -0.1) is 0 Å². The second-order valence-corrected chi connectivity index (χ2v) is 15.5. The fourth-order valence-corrected chi connectivity index (χ4v) is 10.2. The lowest BCUT2D eigenvalue weighted by molar-refractivity contribution is 0.236. The van der Waals surface area contributed by atoms with Crippen LogP contribution in [0.3, 0.4) is 0 Å². The topological polar surface area (TPSA) is 13.0 Å². The first-order chi connectivity index (χ1) is 25.6. The Bertz CT molecular complexity index is 2070. The Labute approximate surface area is 308 Å². The van der Waals surface area contributed by atoms with Gasteiger partial charge in [-0.05, 0) is 94.5 Å². The molecule has 52 heavy (non-hydrogen) atoms. The Morgan fingerprint density at radius 1 is 0.385 bits per heavy atom. The smallest absolute Gasteiger partial charge is 0.0907 e. The van der Waals surface area contributed by atoms with Crippen LogP contribution >= 0.6 is 0 Å². The molecule has 2 heterocycles. The van der Waals surface area contributed by atoms with Gasteiger partial charge in [0.2, 0.25) is 0 Å². The van der Waals surface area contributed by atoms with E-state index in [0.717, 1.165) is 39.5 Å². The van der Waals surface area contributed by atoms with Crippen LogP contribution in [-0.4, -0.2) is 26.4 Å². The molecular formula is C48H46N4. The maximum atomic E-state index is 2.71. The molecule has 0 saturated heterocycles. The van der Waals surface area contributed by atoms with Gasteiger partial charge in [0.25, 0.3) is 0 Å². The number of benzene rings is 6. The Balaban J connectivity index is 1.03. The van der Waals surface area contributed by atoms with Gasteiger partial charge in [-0.1, -0.05) is 121 Å². The van der Waals surface area contributed by atoms with E-state index in [-0.39, 0.29) is 0 Å². The van der Waals surface area contributed by atoms with Crippen molar-refractivity contribution in [3.8, 4) is 0 Å². The van der Waals surface area contributed by atoms with Crippen molar-refractivity contribution in [2.75, 3.05) is 46.0 Å². The van der Waals surface area contributed by atoms with Crippen molar-refractivity contribution in [1.82, 2.24) is 0 Å². The van der Waals surface area contributed by atoms with Crippen molar-refractivity contribution in [1.29, 1.82) is 0 Å². The molecule has 258 valence electrons. The molecule has 11 rings (SSSR count). The van der Waals surface area contributed by atoms with Crippen molar-refractivity contribution < 1.29 is 0 Å². The van der Waals surface area contributed by atoms with Gasteiger partial charge >= 0.3 is 0 Å². The largest absolute Gasteiger partial charge is 0.352 e. The van der Waals surface area contributed by atoms with Crippen LogP contribution in [0.1, 0.15) is 56.3 Å². The van der Waals surface area contributed by atoms with Gasteiger partial charge in [0.05, 0.1) is 36.1 Å². The monoisotopic (exact) mass is 678 g/mol. The molecular weight excluding hydrogens is 633 g/mol. The number of para-hydroxylation sites is 4. The standard InChI is InChI=1S/C48H46N4/c1-33-15-3-5-17-35(33)27-49-31-51(45-25-13-11-23-43(45)49)29-41-42(48-39-21-9-7-19-37(39)47(41)38-20-8-10-22-40(38)48)30-52-32-50(44-24-12-14-26-46(44)52)28-36-18-6-4-16-34(36)2/h3-26,41-42,47-48H,27-32H2,1-2H3. The molecule has 0 fully saturated rings. The van der Waals surface area contributed by atoms with Crippen LogP contribution in [0.4, 0.5) is 22.7 Å². The predicted molar refractivity (Wildman–Crippen MR) is 216 cm³/mol. The molecule has 6 aromatic carbocycles. The highest BCUT2D eigenvalue weighted by molar-refractivity contribution is 5.78. The van der Waals surface area contributed by atoms with E-state index in [0.29, 0.717) is 23.7 Å². The molecule has 0 saturated carbocycles. The third-order valence-corrected chi connectivity index (χ3v) is 12.7. The van der Waals surface area contributed by atoms with E-state index in [4.69, 9.17) is 0 Å². The third kappa shape index (κ3) is 5.10. The van der Waals surface area contributed by atoms with Gasteiger partial charge in [0.15, 0.2) is 0 Å². The van der Waals surface area contributed by atoms with Crippen LogP contribution < -0.4 is 19.6 Å². The fraction of sp³-hybridized carbons (Fsp3) is 0.250. The van der Waals surface area contributed by atoms with Gasteiger partial charge < -0.3 is 19.6 Å². The zero-order chi connectivity index (χ0) is 34.8. The van der Waals surface area contributed by atoms with Crippen LogP contribution in [0.5, 0.6) is 0 Å². The number of rotatable bonds is 8. The first kappa shape index (κ1) is 31.3. The minimum Gasteiger partial charge on any atom is -0.352 e. The summed E-state index contributed by atoms with van der Waals surface area (Å²) in [6.45, 7) is 10.2. The van der Waals surface area contributed by atoms with E-state index in [9.17, 15) is 0 Å². The van der Waals surface area contributed by atoms with E-state index < -0.39 is 0 Å². The quantitative estimate of drug-likeness (QED) is 0.159. The Morgan fingerprint density at radius 2 is 0.692 bits per heavy atom. The summed E-state index contributed by atoms with van der Waals surface area (Å²) in [5.41, 5.74) is 17.1. The zero-order valence-corrected chi connectivity index (χ0v) is 30.2. The molecule has 0 N–H and O–H groups in total. The molecule has 2 atom stereocenters. The molecule has 2 bridgehead atoms. The molecule has 0 aromatic heterocycles. The highest BCUT2D eigenvalue weighted by Crippen LogP contribution is 2.59. The Morgan fingerprint density at radius 3 is 1.06 bits per heavy atom. The van der Waals surface area contributed by atoms with Gasteiger partial charge in [-0.25, -0.2) is 0 Å². The SMILES string of the molecule is Cc1ccccc1CN1CN(CC2C3c4ccccc4C(c4ccccc43)C2CN2CN(Cc3ccccc3C)c3ccccc32)c2ccccc21. The molecule has 2 aliphatic heterocycles. The summed E-state index contributed by atoms with van der Waals surface area (Å²) < 4.78 is 0. The van der Waals surface area contributed by atoms with Crippen LogP contribution in [0, 0.1) is 25.7 Å². The van der Waals surface area contributed by atoms with Crippen molar-refractivity contribution >= 4 is 22.7 Å². The summed E-state index contributed by atoms with van der Waals surface area (Å²) in [5, 5.41) is 0. The van der Waals surface area contributed by atoms with Gasteiger partial charge in [-0.2, -0.15) is 0 Å². The van der Waals surface area contributed by atoms with Crippen molar-refractivity contribution in [3.05, 3.63) is 190 Å². The van der Waals surface area contributed by atoms with E-state index >= 15 is 0 Å². The number of fused-ring (bicyclic) bond motifs is 3. The molecule has 0 amide bonds. The lowest BCUT2D eigenvalue weighted by Crippen LogP contribution is -2.50. The number of nitrogens with zero attached hydrogens (tertiary/aromatic N) is 4. The second kappa shape index (κ2) is 12.6. The first-order valence-corrected chi connectivity index (χ1v) is 19.1. The molecule has 6 aromatic rings. The zero-order valence-electron chi connectivity index (χ0n) is 30.2. The molecule has 5 aliphatic rings. The minimum absolute atomic E-state index is 0.362. The summed E-state index contributed by atoms with van der Waals surface area (Å²) in [6.07, 6.45) is 0. The molecule has 3 aliphatic carbocycles. The first-order valence-electron chi connectivity index (χ1n) is 19.1. The van der Waals surface area contributed by atoms with E-state index in [1.807, 2.05) is 0 Å². The summed E-state index contributed by atoms with van der Waals surface area (Å²) in [6, 6.07) is 54.8. The highest BCUT2D eigenvalue weighted by atomic mass is 15.4. The lowest BCUT2D eigenvalue weighted by atomic mass is 9.54. The van der Waals surface area contributed by atoms with Crippen LogP contribution in [0.15, 0.2) is 146 Å². The number of anilines is 4. The highest BCUT2D eigenvalue weighted by Gasteiger charge is 2.51. The predicted octanol–water partition coefficient (Wildman–Crippen LogP) is 10.1. The summed E-state index contributed by atoms with van der Waals surface area (Å²) in [5.74, 6) is 1.64. The number of aryl methyl sites for hydroxylation is 2. The molecule has 4 nitrogen and oxygen atoms in total. The normalized spacial score (nSPS) is 20.9. The molecule has 0 spiro atoms.